The zero-order chi connectivity index (χ0) is 31.1. The zero-order valence-corrected chi connectivity index (χ0v) is 24.5. The van der Waals surface area contributed by atoms with Gasteiger partial charge in [-0.05, 0) is 44.9 Å². The number of likely N-dealkylation sites (tertiary alicyclic amines) is 1. The SMILES string of the molecule is C=CC(=C\C(=O)N(C)C)/C(N)=C/NN.CC.CC(C)(C)OC(=O)N1CCC(OCc2ccc(C(F)(F)F)cc2)C1. The molecular formula is C28H44F3N5O4. The Morgan fingerprint density at radius 3 is 2.20 bits per heavy atom. The predicted molar refractivity (Wildman–Crippen MR) is 150 cm³/mol. The third kappa shape index (κ3) is 14.0. The molecule has 0 spiro atoms. The van der Waals surface area contributed by atoms with E-state index in [2.05, 4.69) is 12.0 Å². The van der Waals surface area contributed by atoms with Crippen molar-refractivity contribution >= 4 is 12.0 Å². The number of carbonyl (C=O) groups excluding carboxylic acids is 2. The summed E-state index contributed by atoms with van der Waals surface area (Å²) in [5.41, 5.74) is 8.21. The number of halogens is 3. The van der Waals surface area contributed by atoms with E-state index in [4.69, 9.17) is 21.1 Å². The van der Waals surface area contributed by atoms with Crippen LogP contribution in [-0.2, 0) is 27.1 Å². The molecule has 226 valence electrons. The van der Waals surface area contributed by atoms with Gasteiger partial charge in [-0.2, -0.15) is 13.2 Å². The van der Waals surface area contributed by atoms with Crippen molar-refractivity contribution in [3.63, 3.8) is 0 Å². The number of nitrogens with two attached hydrogens (primary N) is 2. The van der Waals surface area contributed by atoms with Gasteiger partial charge in [-0.25, -0.2) is 4.79 Å². The Morgan fingerprint density at radius 1 is 1.18 bits per heavy atom. The summed E-state index contributed by atoms with van der Waals surface area (Å²) in [6, 6.07) is 4.90. The summed E-state index contributed by atoms with van der Waals surface area (Å²) < 4.78 is 48.5. The Labute approximate surface area is 235 Å². The highest BCUT2D eigenvalue weighted by atomic mass is 19.4. The lowest BCUT2D eigenvalue weighted by Crippen LogP contribution is -2.36. The molecule has 1 aromatic carbocycles. The molecule has 9 nitrogen and oxygen atoms in total. The fourth-order valence-corrected chi connectivity index (χ4v) is 3.06. The molecule has 1 saturated heterocycles. The summed E-state index contributed by atoms with van der Waals surface area (Å²) in [6.45, 7) is 14.2. The van der Waals surface area contributed by atoms with Crippen molar-refractivity contribution in [1.82, 2.24) is 15.2 Å². The van der Waals surface area contributed by atoms with Gasteiger partial charge in [-0.1, -0.05) is 38.6 Å². The monoisotopic (exact) mass is 571 g/mol. The third-order valence-corrected chi connectivity index (χ3v) is 5.08. The van der Waals surface area contributed by atoms with Crippen molar-refractivity contribution in [2.75, 3.05) is 27.2 Å². The molecule has 0 saturated carbocycles. The Morgan fingerprint density at radius 2 is 1.75 bits per heavy atom. The molecule has 40 heavy (non-hydrogen) atoms. The largest absolute Gasteiger partial charge is 0.444 e. The molecule has 0 radical (unpaired) electrons. The van der Waals surface area contributed by atoms with Crippen LogP contribution >= 0.6 is 0 Å². The molecule has 1 atom stereocenters. The third-order valence-electron chi connectivity index (χ3n) is 5.08. The first-order valence-electron chi connectivity index (χ1n) is 12.8. The van der Waals surface area contributed by atoms with Crippen LogP contribution in [0.25, 0.3) is 0 Å². The van der Waals surface area contributed by atoms with E-state index in [9.17, 15) is 22.8 Å². The number of ether oxygens (including phenoxy) is 2. The van der Waals surface area contributed by atoms with E-state index in [-0.39, 0.29) is 24.7 Å². The summed E-state index contributed by atoms with van der Waals surface area (Å²) >= 11 is 0. The normalized spacial score (nSPS) is 15.7. The Hall–Kier alpha value is -3.51. The van der Waals surface area contributed by atoms with Crippen LogP contribution < -0.4 is 17.0 Å². The van der Waals surface area contributed by atoms with Crippen molar-refractivity contribution in [3.05, 3.63) is 71.6 Å². The number of amides is 2. The molecule has 1 heterocycles. The number of nitrogens with zero attached hydrogens (tertiary/aromatic N) is 2. The van der Waals surface area contributed by atoms with E-state index in [0.29, 0.717) is 36.3 Å². The molecular weight excluding hydrogens is 527 g/mol. The van der Waals surface area contributed by atoms with Gasteiger partial charge in [0.15, 0.2) is 0 Å². The van der Waals surface area contributed by atoms with Gasteiger partial charge in [-0.15, -0.1) is 0 Å². The minimum atomic E-state index is -4.33. The van der Waals surface area contributed by atoms with Crippen LogP contribution in [0.15, 0.2) is 60.5 Å². The van der Waals surface area contributed by atoms with Gasteiger partial charge in [0.2, 0.25) is 5.91 Å². The average molecular weight is 572 g/mol. The van der Waals surface area contributed by atoms with Crippen LogP contribution in [0.1, 0.15) is 52.2 Å². The molecule has 1 unspecified atom stereocenters. The highest BCUT2D eigenvalue weighted by Crippen LogP contribution is 2.29. The minimum Gasteiger partial charge on any atom is -0.444 e. The van der Waals surface area contributed by atoms with E-state index < -0.39 is 17.3 Å². The number of alkyl halides is 3. The summed E-state index contributed by atoms with van der Waals surface area (Å²) in [5.74, 6) is 4.89. The van der Waals surface area contributed by atoms with Crippen molar-refractivity contribution in [3.8, 4) is 0 Å². The fourth-order valence-electron chi connectivity index (χ4n) is 3.06. The van der Waals surface area contributed by atoms with Crippen LogP contribution in [0, 0.1) is 0 Å². The van der Waals surface area contributed by atoms with E-state index in [1.807, 2.05) is 13.8 Å². The van der Waals surface area contributed by atoms with Gasteiger partial charge >= 0.3 is 12.3 Å². The number of hydrazine groups is 1. The maximum atomic E-state index is 12.5. The lowest BCUT2D eigenvalue weighted by atomic mass is 10.1. The summed E-state index contributed by atoms with van der Waals surface area (Å²) in [7, 11) is 3.31. The van der Waals surface area contributed by atoms with E-state index >= 15 is 0 Å². The Balaban J connectivity index is 0.000000815. The Bertz CT molecular complexity index is 1000. The van der Waals surface area contributed by atoms with Crippen LogP contribution in [0.3, 0.4) is 0 Å². The molecule has 5 N–H and O–H groups in total. The lowest BCUT2D eigenvalue weighted by Gasteiger charge is -2.24. The quantitative estimate of drug-likeness (QED) is 0.188. The predicted octanol–water partition coefficient (Wildman–Crippen LogP) is 4.71. The summed E-state index contributed by atoms with van der Waals surface area (Å²) in [5, 5.41) is 0. The van der Waals surface area contributed by atoms with Crippen LogP contribution in [0.4, 0.5) is 18.0 Å². The molecule has 2 amide bonds. The van der Waals surface area contributed by atoms with Gasteiger partial charge < -0.3 is 30.4 Å². The average Bonchev–Trinajstić information content (AvgIpc) is 3.36. The second kappa shape index (κ2) is 17.2. The maximum Gasteiger partial charge on any atom is 0.416 e. The smallest absolute Gasteiger partial charge is 0.416 e. The standard InChI is InChI=1S/C17H22F3NO3.C9H16N4O.C2H6/c1-16(2,3)24-15(22)21-9-8-14(10-21)23-11-12-4-6-13(7-5-12)17(18,19)20;1-4-7(8(10)6-12-11)5-9(14)13(2)3;1-2/h4-7,14H,8-11H2,1-3H3;4-6,12H,1,10-11H2,2-3H3;1-2H3/b;7-5+,8-6-;. The summed E-state index contributed by atoms with van der Waals surface area (Å²) in [4.78, 5) is 26.3. The molecule has 1 fully saturated rings. The number of hydrogen-bond acceptors (Lipinski definition) is 7. The Kier molecular flexibility index (Phi) is 15.7. The van der Waals surface area contributed by atoms with E-state index in [1.165, 1.54) is 35.4 Å². The van der Waals surface area contributed by atoms with Gasteiger partial charge in [0.05, 0.1) is 30.5 Å². The number of nitrogens with one attached hydrogen (secondary N) is 1. The molecule has 2 rings (SSSR count). The van der Waals surface area contributed by atoms with Crippen LogP contribution in [-0.4, -0.2) is 60.7 Å². The molecule has 0 aromatic heterocycles. The molecule has 1 aliphatic rings. The van der Waals surface area contributed by atoms with Crippen LogP contribution in [0.5, 0.6) is 0 Å². The van der Waals surface area contributed by atoms with Gasteiger partial charge in [0, 0.05) is 38.5 Å². The topological polar surface area (TPSA) is 123 Å². The summed E-state index contributed by atoms with van der Waals surface area (Å²) in [6.07, 6.45) is 0.0958. The number of hydrogen-bond donors (Lipinski definition) is 3. The molecule has 12 heteroatoms. The number of likely N-dealkylation sites (N-methyl/N-ethyl adjacent to an activating group) is 1. The van der Waals surface area contributed by atoms with E-state index in [1.54, 1.807) is 39.8 Å². The maximum absolute atomic E-state index is 12.5. The van der Waals surface area contributed by atoms with Crippen molar-refractivity contribution in [1.29, 1.82) is 0 Å². The van der Waals surface area contributed by atoms with Gasteiger partial charge in [-0.3, -0.25) is 10.6 Å². The number of allylic oxidation sites excluding steroid dienone is 1. The molecule has 0 aliphatic carbocycles. The van der Waals surface area contributed by atoms with Gasteiger partial charge in [0.1, 0.15) is 5.60 Å². The van der Waals surface area contributed by atoms with Gasteiger partial charge in [0.25, 0.3) is 0 Å². The van der Waals surface area contributed by atoms with Crippen LogP contribution in [0.2, 0.25) is 0 Å². The number of benzene rings is 1. The molecule has 1 aliphatic heterocycles. The lowest BCUT2D eigenvalue weighted by molar-refractivity contribution is -0.137. The zero-order valence-electron chi connectivity index (χ0n) is 24.5. The highest BCUT2D eigenvalue weighted by molar-refractivity contribution is 5.89. The van der Waals surface area contributed by atoms with Crippen molar-refractivity contribution in [2.24, 2.45) is 11.6 Å². The molecule has 1 aromatic rings. The molecule has 0 bridgehead atoms. The second-order valence-corrected chi connectivity index (χ2v) is 9.65. The second-order valence-electron chi connectivity index (χ2n) is 9.65. The first kappa shape index (κ1) is 36.5. The first-order valence-corrected chi connectivity index (χ1v) is 12.8. The van der Waals surface area contributed by atoms with E-state index in [0.717, 1.165) is 12.1 Å². The van der Waals surface area contributed by atoms with Crippen molar-refractivity contribution in [2.45, 2.75) is 65.5 Å². The first-order chi connectivity index (χ1) is 18.6. The highest BCUT2D eigenvalue weighted by Gasteiger charge is 2.31. The minimum absolute atomic E-state index is 0.139. The number of rotatable bonds is 7. The fraction of sp³-hybridized carbons (Fsp3) is 0.500. The van der Waals surface area contributed by atoms with Crippen molar-refractivity contribution < 1.29 is 32.2 Å². The number of carbonyl (C=O) groups is 2.